The number of nitrogens with two attached hydrogens (primary N) is 1. The van der Waals surface area contributed by atoms with Gasteiger partial charge in [-0.3, -0.25) is 4.79 Å². The minimum atomic E-state index is -0.0322. The maximum atomic E-state index is 12.2. The molecule has 1 aromatic carbocycles. The van der Waals surface area contributed by atoms with Crippen molar-refractivity contribution >= 4 is 16.8 Å². The van der Waals surface area contributed by atoms with Gasteiger partial charge in [-0.25, -0.2) is 0 Å². The predicted molar refractivity (Wildman–Crippen MR) is 72.7 cm³/mol. The van der Waals surface area contributed by atoms with E-state index in [4.69, 9.17) is 10.2 Å². The van der Waals surface area contributed by atoms with Crippen LogP contribution >= 0.6 is 0 Å². The first kappa shape index (κ1) is 12.8. The van der Waals surface area contributed by atoms with E-state index in [1.54, 1.807) is 0 Å². The van der Waals surface area contributed by atoms with Gasteiger partial charge in [-0.1, -0.05) is 18.6 Å². The first-order valence-corrected chi connectivity index (χ1v) is 6.36. The average molecular weight is 245 g/mol. The van der Waals surface area contributed by atoms with Crippen LogP contribution in [0.15, 0.2) is 28.7 Å². The van der Waals surface area contributed by atoms with Gasteiger partial charge < -0.3 is 10.2 Å². The number of furan rings is 1. The van der Waals surface area contributed by atoms with E-state index in [9.17, 15) is 4.79 Å². The van der Waals surface area contributed by atoms with Crippen LogP contribution in [0.2, 0.25) is 0 Å². The summed E-state index contributed by atoms with van der Waals surface area (Å²) in [5, 5.41) is 0.990. The van der Waals surface area contributed by atoms with Gasteiger partial charge in [0.15, 0.2) is 5.76 Å². The molecule has 2 aromatic rings. The quantitative estimate of drug-likeness (QED) is 0.822. The SMILES string of the molecule is Cc1ccc2oc(C(=O)C(C)CCCN)cc2c1. The zero-order valence-corrected chi connectivity index (χ0v) is 10.9. The molecular weight excluding hydrogens is 226 g/mol. The molecule has 0 amide bonds. The molecule has 0 aliphatic carbocycles. The number of benzene rings is 1. The number of aryl methyl sites for hydroxylation is 1. The Morgan fingerprint density at radius 3 is 2.89 bits per heavy atom. The highest BCUT2D eigenvalue weighted by Gasteiger charge is 2.18. The summed E-state index contributed by atoms with van der Waals surface area (Å²) in [4.78, 5) is 12.2. The zero-order valence-electron chi connectivity index (χ0n) is 10.9. The topological polar surface area (TPSA) is 56.2 Å². The summed E-state index contributed by atoms with van der Waals surface area (Å²) in [6.07, 6.45) is 1.68. The lowest BCUT2D eigenvalue weighted by Gasteiger charge is -2.06. The molecular formula is C15H19NO2. The number of Topliss-reactive ketones (excluding diaryl/α,β-unsaturated/α-hetero) is 1. The number of fused-ring (bicyclic) bond motifs is 1. The Morgan fingerprint density at radius 1 is 1.39 bits per heavy atom. The third kappa shape index (κ3) is 2.62. The summed E-state index contributed by atoms with van der Waals surface area (Å²) in [6.45, 7) is 4.57. The highest BCUT2D eigenvalue weighted by Crippen LogP contribution is 2.23. The molecule has 0 aliphatic rings. The summed E-state index contributed by atoms with van der Waals surface area (Å²) in [5.41, 5.74) is 7.40. The van der Waals surface area contributed by atoms with Crippen LogP contribution in [0.25, 0.3) is 11.0 Å². The van der Waals surface area contributed by atoms with Gasteiger partial charge in [0, 0.05) is 11.3 Å². The van der Waals surface area contributed by atoms with Gasteiger partial charge >= 0.3 is 0 Å². The molecule has 3 nitrogen and oxygen atoms in total. The van der Waals surface area contributed by atoms with Crippen molar-refractivity contribution in [2.75, 3.05) is 6.54 Å². The number of carbonyl (C=O) groups excluding carboxylic acids is 1. The van der Waals surface area contributed by atoms with E-state index in [1.165, 1.54) is 5.56 Å². The fraction of sp³-hybridized carbons (Fsp3) is 0.400. The molecule has 0 bridgehead atoms. The third-order valence-electron chi connectivity index (χ3n) is 3.20. The van der Waals surface area contributed by atoms with Crippen LogP contribution in [0.1, 0.15) is 35.9 Å². The fourth-order valence-electron chi connectivity index (χ4n) is 2.08. The number of ketones is 1. The maximum absolute atomic E-state index is 12.2. The molecule has 96 valence electrons. The second-order valence-corrected chi connectivity index (χ2v) is 4.85. The molecule has 0 radical (unpaired) electrons. The average Bonchev–Trinajstić information content (AvgIpc) is 2.77. The molecule has 0 spiro atoms. The predicted octanol–water partition coefficient (Wildman–Crippen LogP) is 3.30. The van der Waals surface area contributed by atoms with Gasteiger partial charge in [-0.2, -0.15) is 0 Å². The van der Waals surface area contributed by atoms with Crippen molar-refractivity contribution in [1.29, 1.82) is 0 Å². The second kappa shape index (κ2) is 5.36. The van der Waals surface area contributed by atoms with Crippen LogP contribution < -0.4 is 5.73 Å². The van der Waals surface area contributed by atoms with Crippen molar-refractivity contribution in [2.45, 2.75) is 26.7 Å². The molecule has 0 saturated heterocycles. The molecule has 0 fully saturated rings. The van der Waals surface area contributed by atoms with E-state index < -0.39 is 0 Å². The number of carbonyl (C=O) groups is 1. The summed E-state index contributed by atoms with van der Waals surface area (Å²) in [7, 11) is 0. The van der Waals surface area contributed by atoms with Gasteiger partial charge in [-0.05, 0) is 44.5 Å². The van der Waals surface area contributed by atoms with Crippen molar-refractivity contribution < 1.29 is 9.21 Å². The fourth-order valence-corrected chi connectivity index (χ4v) is 2.08. The van der Waals surface area contributed by atoms with Gasteiger partial charge in [0.25, 0.3) is 0 Å². The molecule has 0 saturated carbocycles. The minimum absolute atomic E-state index is 0.0322. The molecule has 3 heteroatoms. The summed E-state index contributed by atoms with van der Waals surface area (Å²) in [5.74, 6) is 0.493. The van der Waals surface area contributed by atoms with Crippen LogP contribution in [-0.4, -0.2) is 12.3 Å². The van der Waals surface area contributed by atoms with E-state index >= 15 is 0 Å². The van der Waals surface area contributed by atoms with Gasteiger partial charge in [-0.15, -0.1) is 0 Å². The van der Waals surface area contributed by atoms with E-state index in [0.29, 0.717) is 12.3 Å². The molecule has 1 unspecified atom stereocenters. The van der Waals surface area contributed by atoms with Crippen molar-refractivity contribution in [3.8, 4) is 0 Å². The first-order chi connectivity index (χ1) is 8.61. The number of rotatable bonds is 5. The molecule has 2 N–H and O–H groups in total. The monoisotopic (exact) mass is 245 g/mol. The summed E-state index contributed by atoms with van der Waals surface area (Å²) in [6, 6.07) is 7.76. The summed E-state index contributed by atoms with van der Waals surface area (Å²) >= 11 is 0. The van der Waals surface area contributed by atoms with E-state index in [-0.39, 0.29) is 11.7 Å². The lowest BCUT2D eigenvalue weighted by Crippen LogP contribution is -2.12. The Balaban J connectivity index is 2.22. The van der Waals surface area contributed by atoms with Crippen molar-refractivity contribution in [3.05, 3.63) is 35.6 Å². The number of hydrogen-bond acceptors (Lipinski definition) is 3. The Kier molecular flexibility index (Phi) is 3.82. The normalized spacial score (nSPS) is 12.8. The molecule has 1 heterocycles. The van der Waals surface area contributed by atoms with E-state index in [2.05, 4.69) is 0 Å². The Hall–Kier alpha value is -1.61. The van der Waals surface area contributed by atoms with E-state index in [0.717, 1.165) is 23.8 Å². The lowest BCUT2D eigenvalue weighted by molar-refractivity contribution is 0.0897. The van der Waals surface area contributed by atoms with Crippen molar-refractivity contribution in [2.24, 2.45) is 11.7 Å². The Morgan fingerprint density at radius 2 is 2.17 bits per heavy atom. The smallest absolute Gasteiger partial charge is 0.200 e. The molecule has 1 atom stereocenters. The first-order valence-electron chi connectivity index (χ1n) is 6.36. The zero-order chi connectivity index (χ0) is 13.1. The van der Waals surface area contributed by atoms with Crippen LogP contribution in [-0.2, 0) is 0 Å². The van der Waals surface area contributed by atoms with E-state index in [1.807, 2.05) is 38.1 Å². The standard InChI is InChI=1S/C15H19NO2/c1-10-5-6-13-12(8-10)9-14(18-13)15(17)11(2)4-3-7-16/h5-6,8-9,11H,3-4,7,16H2,1-2H3. The van der Waals surface area contributed by atoms with Crippen LogP contribution in [0, 0.1) is 12.8 Å². The highest BCUT2D eigenvalue weighted by molar-refractivity contribution is 5.98. The second-order valence-electron chi connectivity index (χ2n) is 4.85. The van der Waals surface area contributed by atoms with Crippen LogP contribution in [0.4, 0.5) is 0 Å². The Labute approximate surface area is 107 Å². The molecule has 0 aliphatic heterocycles. The molecule has 18 heavy (non-hydrogen) atoms. The largest absolute Gasteiger partial charge is 0.453 e. The van der Waals surface area contributed by atoms with Gasteiger partial charge in [0.2, 0.25) is 5.78 Å². The molecule has 2 rings (SSSR count). The van der Waals surface area contributed by atoms with Gasteiger partial charge in [0.1, 0.15) is 5.58 Å². The van der Waals surface area contributed by atoms with Gasteiger partial charge in [0.05, 0.1) is 0 Å². The highest BCUT2D eigenvalue weighted by atomic mass is 16.3. The Bertz CT molecular complexity index is 557. The van der Waals surface area contributed by atoms with Crippen molar-refractivity contribution in [1.82, 2.24) is 0 Å². The van der Waals surface area contributed by atoms with Crippen LogP contribution in [0.3, 0.4) is 0 Å². The van der Waals surface area contributed by atoms with Crippen LogP contribution in [0.5, 0.6) is 0 Å². The number of hydrogen-bond donors (Lipinski definition) is 1. The lowest BCUT2D eigenvalue weighted by atomic mass is 9.99. The summed E-state index contributed by atoms with van der Waals surface area (Å²) < 4.78 is 5.61. The minimum Gasteiger partial charge on any atom is -0.453 e. The maximum Gasteiger partial charge on any atom is 0.200 e. The van der Waals surface area contributed by atoms with Crippen molar-refractivity contribution in [3.63, 3.8) is 0 Å². The molecule has 1 aromatic heterocycles. The third-order valence-corrected chi connectivity index (χ3v) is 3.20.